The quantitative estimate of drug-likeness (QED) is 0.480. The van der Waals surface area contributed by atoms with Crippen LogP contribution in [0, 0.1) is 0 Å². The molecule has 0 saturated heterocycles. The lowest BCUT2D eigenvalue weighted by Crippen LogP contribution is -1.71. The molecule has 0 radical (unpaired) electrons. The van der Waals surface area contributed by atoms with E-state index in [1.54, 1.807) is 12.5 Å². The van der Waals surface area contributed by atoms with Crippen LogP contribution in [0.1, 0.15) is 0 Å². The van der Waals surface area contributed by atoms with Crippen molar-refractivity contribution in [3.63, 3.8) is 0 Å². The summed E-state index contributed by atoms with van der Waals surface area (Å²) in [6, 6.07) is 10.0. The van der Waals surface area contributed by atoms with Crippen molar-refractivity contribution >= 4 is 32.9 Å². The lowest BCUT2D eigenvalue weighted by Gasteiger charge is -1.92. The molecule has 0 unspecified atom stereocenters. The predicted molar refractivity (Wildman–Crippen MR) is 63.4 cm³/mol. The van der Waals surface area contributed by atoms with Gasteiger partial charge >= 0.3 is 0 Å². The van der Waals surface area contributed by atoms with Crippen molar-refractivity contribution in [3.05, 3.63) is 42.8 Å². The minimum absolute atomic E-state index is 0.914. The molecule has 0 amide bonds. The Hall–Kier alpha value is -2.29. The molecule has 0 atom stereocenters. The second-order valence-corrected chi connectivity index (χ2v) is 3.85. The number of fused-ring (bicyclic) bond motifs is 5. The molecule has 76 valence electrons. The fourth-order valence-corrected chi connectivity index (χ4v) is 2.27. The van der Waals surface area contributed by atoms with Crippen LogP contribution in [0.4, 0.5) is 0 Å². The molecule has 1 aromatic carbocycles. The maximum atomic E-state index is 5.41. The molecule has 4 rings (SSSR count). The van der Waals surface area contributed by atoms with Gasteiger partial charge in [0, 0.05) is 27.9 Å². The first-order chi connectivity index (χ1) is 7.93. The van der Waals surface area contributed by atoms with E-state index in [4.69, 9.17) is 4.42 Å². The summed E-state index contributed by atoms with van der Waals surface area (Å²) >= 11 is 0. The summed E-state index contributed by atoms with van der Waals surface area (Å²) < 4.78 is 5.41. The standard InChI is InChI=1S/C13H8N2O/c1-2-9-12-8-5-7-16-11(8)4-3-10(12)15-13(9)14-6-1/h1-7H,(H,14,15). The molecule has 0 saturated carbocycles. The fourth-order valence-electron chi connectivity index (χ4n) is 2.27. The summed E-state index contributed by atoms with van der Waals surface area (Å²) in [6.45, 7) is 0. The summed E-state index contributed by atoms with van der Waals surface area (Å²) in [7, 11) is 0. The first kappa shape index (κ1) is 7.93. The van der Waals surface area contributed by atoms with Gasteiger partial charge in [0.2, 0.25) is 0 Å². The Kier molecular flexibility index (Phi) is 1.31. The van der Waals surface area contributed by atoms with Gasteiger partial charge < -0.3 is 9.40 Å². The lowest BCUT2D eigenvalue weighted by molar-refractivity contribution is 0.616. The number of nitrogens with zero attached hydrogens (tertiary/aromatic N) is 1. The highest BCUT2D eigenvalue weighted by molar-refractivity contribution is 6.18. The Morgan fingerprint density at radius 2 is 2.06 bits per heavy atom. The second-order valence-electron chi connectivity index (χ2n) is 3.85. The third-order valence-corrected chi connectivity index (χ3v) is 2.97. The van der Waals surface area contributed by atoms with E-state index < -0.39 is 0 Å². The molecule has 0 spiro atoms. The molecule has 0 aliphatic rings. The van der Waals surface area contributed by atoms with Crippen LogP contribution in [0.3, 0.4) is 0 Å². The number of hydrogen-bond donors (Lipinski definition) is 1. The SMILES string of the molecule is c1cnc2[nH]c3ccc4occc4c3c2c1. The highest BCUT2D eigenvalue weighted by atomic mass is 16.3. The van der Waals surface area contributed by atoms with E-state index in [0.29, 0.717) is 0 Å². The predicted octanol–water partition coefficient (Wildman–Crippen LogP) is 3.46. The van der Waals surface area contributed by atoms with Crippen LogP contribution in [0.5, 0.6) is 0 Å². The zero-order chi connectivity index (χ0) is 10.5. The number of hydrogen-bond acceptors (Lipinski definition) is 2. The first-order valence-electron chi connectivity index (χ1n) is 5.16. The van der Waals surface area contributed by atoms with Crippen LogP contribution in [0.15, 0.2) is 47.2 Å². The van der Waals surface area contributed by atoms with Gasteiger partial charge in [-0.1, -0.05) is 0 Å². The highest BCUT2D eigenvalue weighted by Gasteiger charge is 2.09. The highest BCUT2D eigenvalue weighted by Crippen LogP contribution is 2.31. The Morgan fingerprint density at radius 1 is 1.06 bits per heavy atom. The third kappa shape index (κ3) is 0.852. The normalized spacial score (nSPS) is 11.8. The molecule has 0 fully saturated rings. The van der Waals surface area contributed by atoms with Crippen molar-refractivity contribution in [1.82, 2.24) is 9.97 Å². The van der Waals surface area contributed by atoms with Crippen molar-refractivity contribution in [2.45, 2.75) is 0 Å². The van der Waals surface area contributed by atoms with E-state index >= 15 is 0 Å². The average molecular weight is 208 g/mol. The van der Waals surface area contributed by atoms with Crippen molar-refractivity contribution in [1.29, 1.82) is 0 Å². The number of benzene rings is 1. The Bertz CT molecular complexity index is 810. The Labute approximate surface area is 90.7 Å². The van der Waals surface area contributed by atoms with Crippen molar-refractivity contribution in [3.8, 4) is 0 Å². The van der Waals surface area contributed by atoms with Gasteiger partial charge in [0.1, 0.15) is 11.2 Å². The minimum atomic E-state index is 0.914. The average Bonchev–Trinajstić information content (AvgIpc) is 2.91. The van der Waals surface area contributed by atoms with Gasteiger partial charge in [-0.25, -0.2) is 4.98 Å². The van der Waals surface area contributed by atoms with E-state index in [1.165, 1.54) is 5.39 Å². The van der Waals surface area contributed by atoms with E-state index in [1.807, 2.05) is 24.3 Å². The molecule has 4 aromatic rings. The number of H-pyrrole nitrogens is 1. The third-order valence-electron chi connectivity index (χ3n) is 2.97. The number of rotatable bonds is 0. The zero-order valence-electron chi connectivity index (χ0n) is 8.40. The van der Waals surface area contributed by atoms with Crippen LogP contribution in [-0.2, 0) is 0 Å². The van der Waals surface area contributed by atoms with Crippen molar-refractivity contribution < 1.29 is 4.42 Å². The molecule has 0 bridgehead atoms. The molecule has 3 heterocycles. The van der Waals surface area contributed by atoms with E-state index in [9.17, 15) is 0 Å². The zero-order valence-corrected chi connectivity index (χ0v) is 8.40. The topological polar surface area (TPSA) is 41.8 Å². The van der Waals surface area contributed by atoms with Crippen LogP contribution >= 0.6 is 0 Å². The van der Waals surface area contributed by atoms with Crippen molar-refractivity contribution in [2.24, 2.45) is 0 Å². The van der Waals surface area contributed by atoms with Gasteiger partial charge in [-0.3, -0.25) is 0 Å². The van der Waals surface area contributed by atoms with Gasteiger partial charge in [-0.05, 0) is 30.3 Å². The smallest absolute Gasteiger partial charge is 0.138 e. The molecule has 0 aliphatic heterocycles. The van der Waals surface area contributed by atoms with Crippen LogP contribution in [-0.4, -0.2) is 9.97 Å². The number of aromatic nitrogens is 2. The number of aromatic amines is 1. The van der Waals surface area contributed by atoms with E-state index in [-0.39, 0.29) is 0 Å². The van der Waals surface area contributed by atoms with Gasteiger partial charge in [-0.15, -0.1) is 0 Å². The summed E-state index contributed by atoms with van der Waals surface area (Å²) in [5.41, 5.74) is 2.94. The van der Waals surface area contributed by atoms with Crippen LogP contribution in [0.2, 0.25) is 0 Å². The maximum absolute atomic E-state index is 5.41. The molecule has 16 heavy (non-hydrogen) atoms. The van der Waals surface area contributed by atoms with Crippen molar-refractivity contribution in [2.75, 3.05) is 0 Å². The minimum Gasteiger partial charge on any atom is -0.464 e. The summed E-state index contributed by atoms with van der Waals surface area (Å²) in [5.74, 6) is 0. The second kappa shape index (κ2) is 2.64. The first-order valence-corrected chi connectivity index (χ1v) is 5.16. The summed E-state index contributed by atoms with van der Waals surface area (Å²) in [5, 5.41) is 3.47. The monoisotopic (exact) mass is 208 g/mol. The van der Waals surface area contributed by atoms with Crippen LogP contribution < -0.4 is 0 Å². The van der Waals surface area contributed by atoms with Gasteiger partial charge in [0.05, 0.1) is 6.26 Å². The Balaban J connectivity index is 2.42. The molecule has 0 aliphatic carbocycles. The molecular weight excluding hydrogens is 200 g/mol. The lowest BCUT2D eigenvalue weighted by atomic mass is 10.1. The van der Waals surface area contributed by atoms with Crippen LogP contribution in [0.25, 0.3) is 32.9 Å². The summed E-state index contributed by atoms with van der Waals surface area (Å²) in [4.78, 5) is 7.63. The van der Waals surface area contributed by atoms with Gasteiger partial charge in [0.25, 0.3) is 0 Å². The molecule has 3 aromatic heterocycles. The molecule has 3 heteroatoms. The number of pyridine rings is 1. The van der Waals surface area contributed by atoms with E-state index in [2.05, 4.69) is 16.0 Å². The maximum Gasteiger partial charge on any atom is 0.138 e. The summed E-state index contributed by atoms with van der Waals surface area (Å²) in [6.07, 6.45) is 3.52. The fraction of sp³-hybridized carbons (Fsp3) is 0. The van der Waals surface area contributed by atoms with Gasteiger partial charge in [-0.2, -0.15) is 0 Å². The van der Waals surface area contributed by atoms with E-state index in [0.717, 1.165) is 27.5 Å². The largest absolute Gasteiger partial charge is 0.464 e. The molecular formula is C13H8N2O. The Morgan fingerprint density at radius 3 is 3.06 bits per heavy atom. The number of nitrogens with one attached hydrogen (secondary N) is 1. The molecule has 3 nitrogen and oxygen atoms in total. The molecule has 1 N–H and O–H groups in total. The van der Waals surface area contributed by atoms with Gasteiger partial charge in [0.15, 0.2) is 0 Å². The number of furan rings is 1.